The first kappa shape index (κ1) is 14.8. The highest BCUT2D eigenvalue weighted by molar-refractivity contribution is 6.30. The van der Waals surface area contributed by atoms with Gasteiger partial charge in [-0.05, 0) is 58.2 Å². The number of nitrogens with two attached hydrogens (primary N) is 1. The quantitative estimate of drug-likeness (QED) is 0.914. The highest BCUT2D eigenvalue weighted by Crippen LogP contribution is 2.43. The first-order chi connectivity index (χ1) is 8.70. The molecule has 0 amide bonds. The molecule has 2 rings (SSSR count). The second-order valence-corrected chi connectivity index (χ2v) is 7.21. The molecule has 1 fully saturated rings. The van der Waals surface area contributed by atoms with E-state index in [1.807, 2.05) is 12.1 Å². The maximum Gasteiger partial charge on any atom is 0.0677 e. The summed E-state index contributed by atoms with van der Waals surface area (Å²) < 4.78 is 6.13. The Morgan fingerprint density at radius 1 is 1.26 bits per heavy atom. The van der Waals surface area contributed by atoms with Gasteiger partial charge in [0.25, 0.3) is 0 Å². The van der Waals surface area contributed by atoms with Gasteiger partial charge in [-0.25, -0.2) is 0 Å². The molecule has 1 aromatic rings. The van der Waals surface area contributed by atoms with Crippen molar-refractivity contribution in [2.24, 2.45) is 11.7 Å². The van der Waals surface area contributed by atoms with Crippen molar-refractivity contribution in [3.63, 3.8) is 0 Å². The van der Waals surface area contributed by atoms with Crippen LogP contribution in [-0.2, 0) is 11.2 Å². The van der Waals surface area contributed by atoms with Gasteiger partial charge in [0.1, 0.15) is 0 Å². The number of hydrogen-bond donors (Lipinski definition) is 1. The molecule has 1 saturated heterocycles. The monoisotopic (exact) mass is 281 g/mol. The van der Waals surface area contributed by atoms with Crippen molar-refractivity contribution >= 4 is 11.6 Å². The minimum Gasteiger partial charge on any atom is -0.369 e. The van der Waals surface area contributed by atoms with Crippen LogP contribution in [0.25, 0.3) is 0 Å². The van der Waals surface area contributed by atoms with Gasteiger partial charge >= 0.3 is 0 Å². The molecule has 2 unspecified atom stereocenters. The predicted octanol–water partition coefficient (Wildman–Crippen LogP) is 3.80. The molecule has 1 heterocycles. The summed E-state index contributed by atoms with van der Waals surface area (Å²) >= 11 is 5.91. The lowest BCUT2D eigenvalue weighted by Gasteiger charge is -2.31. The maximum atomic E-state index is 6.43. The molecule has 0 bridgehead atoms. The number of benzene rings is 1. The number of halogens is 1. The van der Waals surface area contributed by atoms with Crippen LogP contribution >= 0.6 is 11.6 Å². The molecule has 2 nitrogen and oxygen atoms in total. The third kappa shape index (κ3) is 3.50. The highest BCUT2D eigenvalue weighted by atomic mass is 35.5. The van der Waals surface area contributed by atoms with Crippen LogP contribution in [0, 0.1) is 5.92 Å². The summed E-state index contributed by atoms with van der Waals surface area (Å²) in [5, 5.41) is 0.767. The maximum absolute atomic E-state index is 6.43. The zero-order valence-corrected chi connectivity index (χ0v) is 13.0. The standard InChI is InChI=1S/C16H24ClNO/c1-15(2)10-13(16(3,4)19-15)14(18)9-11-5-7-12(17)8-6-11/h5-8,13-14H,9-10,18H2,1-4H3. The summed E-state index contributed by atoms with van der Waals surface area (Å²) in [5.74, 6) is 0.373. The van der Waals surface area contributed by atoms with Gasteiger partial charge in [-0.2, -0.15) is 0 Å². The lowest BCUT2D eigenvalue weighted by Crippen LogP contribution is -2.42. The molecule has 0 aromatic heterocycles. The molecule has 19 heavy (non-hydrogen) atoms. The third-order valence-electron chi connectivity index (χ3n) is 4.05. The van der Waals surface area contributed by atoms with E-state index in [-0.39, 0.29) is 17.2 Å². The third-order valence-corrected chi connectivity index (χ3v) is 4.30. The molecule has 3 heteroatoms. The number of rotatable bonds is 3. The molecule has 0 radical (unpaired) electrons. The van der Waals surface area contributed by atoms with E-state index >= 15 is 0 Å². The van der Waals surface area contributed by atoms with Crippen LogP contribution in [0.1, 0.15) is 39.7 Å². The number of hydrogen-bond acceptors (Lipinski definition) is 2. The normalized spacial score (nSPS) is 26.3. The summed E-state index contributed by atoms with van der Waals surface area (Å²) in [7, 11) is 0. The molecule has 106 valence electrons. The Hall–Kier alpha value is -0.570. The van der Waals surface area contributed by atoms with Crippen molar-refractivity contribution in [3.05, 3.63) is 34.9 Å². The van der Waals surface area contributed by atoms with Gasteiger partial charge in [-0.3, -0.25) is 0 Å². The Labute approximate surface area is 121 Å². The van der Waals surface area contributed by atoms with Crippen molar-refractivity contribution < 1.29 is 4.74 Å². The summed E-state index contributed by atoms with van der Waals surface area (Å²) in [6.45, 7) is 8.58. The summed E-state index contributed by atoms with van der Waals surface area (Å²) in [6, 6.07) is 8.05. The van der Waals surface area contributed by atoms with E-state index < -0.39 is 0 Å². The Bertz CT molecular complexity index is 439. The van der Waals surface area contributed by atoms with E-state index in [1.54, 1.807) is 0 Å². The Morgan fingerprint density at radius 3 is 2.32 bits per heavy atom. The van der Waals surface area contributed by atoms with Gasteiger partial charge in [0.05, 0.1) is 11.2 Å². The van der Waals surface area contributed by atoms with Gasteiger partial charge in [0, 0.05) is 17.0 Å². The molecule has 0 aliphatic carbocycles. The van der Waals surface area contributed by atoms with Gasteiger partial charge < -0.3 is 10.5 Å². The van der Waals surface area contributed by atoms with Gasteiger partial charge in [-0.15, -0.1) is 0 Å². The smallest absolute Gasteiger partial charge is 0.0677 e. The topological polar surface area (TPSA) is 35.2 Å². The van der Waals surface area contributed by atoms with E-state index in [0.717, 1.165) is 17.9 Å². The molecule has 0 spiro atoms. The fourth-order valence-electron chi connectivity index (χ4n) is 3.31. The molecule has 0 saturated carbocycles. The summed E-state index contributed by atoms with van der Waals surface area (Å²) in [6.07, 6.45) is 1.87. The Balaban J connectivity index is 2.07. The lowest BCUT2D eigenvalue weighted by atomic mass is 9.80. The zero-order valence-electron chi connectivity index (χ0n) is 12.2. The molecule has 1 aliphatic rings. The average Bonchev–Trinajstić information content (AvgIpc) is 2.50. The fourth-order valence-corrected chi connectivity index (χ4v) is 3.43. The van der Waals surface area contributed by atoms with E-state index in [4.69, 9.17) is 22.1 Å². The molecule has 1 aromatic carbocycles. The highest BCUT2D eigenvalue weighted by Gasteiger charge is 2.47. The van der Waals surface area contributed by atoms with Crippen LogP contribution in [0.5, 0.6) is 0 Å². The SMILES string of the molecule is CC1(C)CC(C(N)Cc2ccc(Cl)cc2)C(C)(C)O1. The van der Waals surface area contributed by atoms with Crippen molar-refractivity contribution in [1.82, 2.24) is 0 Å². The van der Waals surface area contributed by atoms with Gasteiger partial charge in [0.2, 0.25) is 0 Å². The van der Waals surface area contributed by atoms with Crippen LogP contribution in [0.3, 0.4) is 0 Å². The number of ether oxygens (including phenoxy) is 1. The molecule has 1 aliphatic heterocycles. The minimum absolute atomic E-state index is 0.0776. The average molecular weight is 282 g/mol. The fraction of sp³-hybridized carbons (Fsp3) is 0.625. The lowest BCUT2D eigenvalue weighted by molar-refractivity contribution is -0.0765. The van der Waals surface area contributed by atoms with Crippen LogP contribution in [0.4, 0.5) is 0 Å². The first-order valence-electron chi connectivity index (χ1n) is 6.90. The molecular weight excluding hydrogens is 258 g/mol. The predicted molar refractivity (Wildman–Crippen MR) is 80.5 cm³/mol. The van der Waals surface area contributed by atoms with Crippen LogP contribution < -0.4 is 5.73 Å². The molecule has 2 atom stereocenters. The van der Waals surface area contributed by atoms with Crippen molar-refractivity contribution in [2.75, 3.05) is 0 Å². The Morgan fingerprint density at radius 2 is 1.84 bits per heavy atom. The first-order valence-corrected chi connectivity index (χ1v) is 7.28. The van der Waals surface area contributed by atoms with E-state index in [0.29, 0.717) is 5.92 Å². The van der Waals surface area contributed by atoms with E-state index in [1.165, 1.54) is 5.56 Å². The second kappa shape index (κ2) is 5.08. The summed E-state index contributed by atoms with van der Waals surface area (Å²) in [5.41, 5.74) is 7.43. The van der Waals surface area contributed by atoms with Crippen molar-refractivity contribution in [2.45, 2.75) is 57.8 Å². The second-order valence-electron chi connectivity index (χ2n) is 6.77. The van der Waals surface area contributed by atoms with E-state index in [2.05, 4.69) is 39.8 Å². The minimum atomic E-state index is -0.157. The molecular formula is C16H24ClNO. The van der Waals surface area contributed by atoms with E-state index in [9.17, 15) is 0 Å². The molecule has 2 N–H and O–H groups in total. The van der Waals surface area contributed by atoms with Crippen molar-refractivity contribution in [1.29, 1.82) is 0 Å². The Kier molecular flexibility index (Phi) is 3.97. The van der Waals surface area contributed by atoms with Crippen LogP contribution in [0.2, 0.25) is 5.02 Å². The van der Waals surface area contributed by atoms with Gasteiger partial charge in [-0.1, -0.05) is 23.7 Å². The zero-order chi connectivity index (χ0) is 14.3. The van der Waals surface area contributed by atoms with Crippen LogP contribution in [-0.4, -0.2) is 17.2 Å². The van der Waals surface area contributed by atoms with Crippen molar-refractivity contribution in [3.8, 4) is 0 Å². The summed E-state index contributed by atoms with van der Waals surface area (Å²) in [4.78, 5) is 0. The largest absolute Gasteiger partial charge is 0.369 e. The van der Waals surface area contributed by atoms with Crippen LogP contribution in [0.15, 0.2) is 24.3 Å². The van der Waals surface area contributed by atoms with Gasteiger partial charge in [0.15, 0.2) is 0 Å².